The average molecular weight is 283 g/mol. The van der Waals surface area contributed by atoms with Crippen LogP contribution in [0.1, 0.15) is 30.9 Å². The molecule has 2 rings (SSSR count). The number of rotatable bonds is 5. The Labute approximate surface area is 115 Å². The van der Waals surface area contributed by atoms with E-state index in [2.05, 4.69) is 5.32 Å². The molecule has 1 aliphatic carbocycles. The molecular weight excluding hydrogens is 266 g/mol. The van der Waals surface area contributed by atoms with E-state index >= 15 is 0 Å². The van der Waals surface area contributed by atoms with Crippen LogP contribution in [-0.2, 0) is 9.59 Å². The second-order valence-corrected chi connectivity index (χ2v) is 5.64. The molecule has 1 heterocycles. The van der Waals surface area contributed by atoms with Crippen LogP contribution >= 0.6 is 11.3 Å². The number of hydrogen-bond acceptors (Lipinski definition) is 4. The summed E-state index contributed by atoms with van der Waals surface area (Å²) in [6.07, 6.45) is 0.861. The van der Waals surface area contributed by atoms with Gasteiger partial charge in [-0.15, -0.1) is 0 Å². The normalized spacial score (nSPS) is 24.1. The Morgan fingerprint density at radius 1 is 1.42 bits per heavy atom. The monoisotopic (exact) mass is 283 g/mol. The van der Waals surface area contributed by atoms with Crippen LogP contribution in [0.2, 0.25) is 0 Å². The maximum absolute atomic E-state index is 11.9. The number of carboxylic acid groups (broad SMARTS) is 1. The SMILES string of the molecule is O=C(O)[C@H]1CC[C@@H](C(=O)NCC(O)c2ccsc2)C1. The minimum Gasteiger partial charge on any atom is -0.481 e. The lowest BCUT2D eigenvalue weighted by Crippen LogP contribution is -2.33. The Bertz CT molecular complexity index is 446. The molecule has 1 amide bonds. The number of nitrogens with one attached hydrogen (secondary N) is 1. The third-order valence-electron chi connectivity index (χ3n) is 3.55. The first-order chi connectivity index (χ1) is 9.08. The van der Waals surface area contributed by atoms with Crippen LogP contribution in [0.15, 0.2) is 16.8 Å². The van der Waals surface area contributed by atoms with Gasteiger partial charge in [0.05, 0.1) is 12.0 Å². The minimum atomic E-state index is -0.825. The van der Waals surface area contributed by atoms with Gasteiger partial charge < -0.3 is 15.5 Å². The standard InChI is InChI=1S/C13H17NO4S/c15-11(10-3-4-19-7-10)6-14-12(16)8-1-2-9(5-8)13(17)18/h3-4,7-9,11,15H,1-2,5-6H2,(H,14,16)(H,17,18)/t8-,9+,11?/m1/s1. The van der Waals surface area contributed by atoms with E-state index in [4.69, 9.17) is 5.11 Å². The van der Waals surface area contributed by atoms with Gasteiger partial charge in [0.2, 0.25) is 5.91 Å². The summed E-state index contributed by atoms with van der Waals surface area (Å²) >= 11 is 1.49. The van der Waals surface area contributed by atoms with Crippen molar-refractivity contribution in [2.45, 2.75) is 25.4 Å². The van der Waals surface area contributed by atoms with E-state index in [1.165, 1.54) is 11.3 Å². The summed E-state index contributed by atoms with van der Waals surface area (Å²) in [5, 5.41) is 25.1. The number of aliphatic hydroxyl groups excluding tert-OH is 1. The van der Waals surface area contributed by atoms with Crippen molar-refractivity contribution < 1.29 is 19.8 Å². The van der Waals surface area contributed by atoms with E-state index in [-0.39, 0.29) is 18.4 Å². The summed E-state index contributed by atoms with van der Waals surface area (Å²) in [7, 11) is 0. The molecule has 0 saturated heterocycles. The Kier molecular flexibility index (Phi) is 4.55. The highest BCUT2D eigenvalue weighted by atomic mass is 32.1. The topological polar surface area (TPSA) is 86.6 Å². The third kappa shape index (κ3) is 3.54. The van der Waals surface area contributed by atoms with E-state index < -0.39 is 18.0 Å². The number of aliphatic carboxylic acids is 1. The number of hydrogen-bond donors (Lipinski definition) is 3. The van der Waals surface area contributed by atoms with Crippen LogP contribution in [0, 0.1) is 11.8 Å². The Balaban J connectivity index is 1.78. The molecular formula is C13H17NO4S. The zero-order valence-corrected chi connectivity index (χ0v) is 11.2. The maximum Gasteiger partial charge on any atom is 0.306 e. The van der Waals surface area contributed by atoms with E-state index in [0.29, 0.717) is 19.3 Å². The van der Waals surface area contributed by atoms with Crippen molar-refractivity contribution in [3.8, 4) is 0 Å². The number of carboxylic acids is 1. The molecule has 0 bridgehead atoms. The van der Waals surface area contributed by atoms with Crippen LogP contribution in [0.4, 0.5) is 0 Å². The quantitative estimate of drug-likeness (QED) is 0.762. The summed E-state index contributed by atoms with van der Waals surface area (Å²) in [4.78, 5) is 22.7. The fourth-order valence-corrected chi connectivity index (χ4v) is 3.08. The first-order valence-electron chi connectivity index (χ1n) is 6.28. The molecule has 5 nitrogen and oxygen atoms in total. The van der Waals surface area contributed by atoms with Gasteiger partial charge in [0.1, 0.15) is 0 Å². The first-order valence-corrected chi connectivity index (χ1v) is 7.23. The van der Waals surface area contributed by atoms with Gasteiger partial charge in [-0.1, -0.05) is 0 Å². The number of carbonyl (C=O) groups is 2. The van der Waals surface area contributed by atoms with Crippen molar-refractivity contribution in [3.63, 3.8) is 0 Å². The van der Waals surface area contributed by atoms with Gasteiger partial charge in [-0.2, -0.15) is 11.3 Å². The molecule has 0 aliphatic heterocycles. The van der Waals surface area contributed by atoms with Crippen LogP contribution in [-0.4, -0.2) is 28.6 Å². The molecule has 1 aromatic heterocycles. The zero-order valence-electron chi connectivity index (χ0n) is 10.4. The van der Waals surface area contributed by atoms with Gasteiger partial charge in [-0.25, -0.2) is 0 Å². The molecule has 6 heteroatoms. The van der Waals surface area contributed by atoms with Gasteiger partial charge in [0.25, 0.3) is 0 Å². The van der Waals surface area contributed by atoms with Crippen molar-refractivity contribution in [2.75, 3.05) is 6.54 Å². The second-order valence-electron chi connectivity index (χ2n) is 4.86. The van der Waals surface area contributed by atoms with Crippen molar-refractivity contribution in [3.05, 3.63) is 22.4 Å². The van der Waals surface area contributed by atoms with Gasteiger partial charge in [0, 0.05) is 12.5 Å². The van der Waals surface area contributed by atoms with Crippen LogP contribution in [0.5, 0.6) is 0 Å². The Morgan fingerprint density at radius 3 is 2.74 bits per heavy atom. The Morgan fingerprint density at radius 2 is 2.16 bits per heavy atom. The highest BCUT2D eigenvalue weighted by Crippen LogP contribution is 2.31. The molecule has 0 spiro atoms. The van der Waals surface area contributed by atoms with Gasteiger partial charge in [0.15, 0.2) is 0 Å². The summed E-state index contributed by atoms with van der Waals surface area (Å²) in [6, 6.07) is 1.82. The molecule has 19 heavy (non-hydrogen) atoms. The second kappa shape index (κ2) is 6.16. The van der Waals surface area contributed by atoms with Crippen LogP contribution < -0.4 is 5.32 Å². The van der Waals surface area contributed by atoms with Gasteiger partial charge >= 0.3 is 5.97 Å². The van der Waals surface area contributed by atoms with E-state index in [1.807, 2.05) is 16.8 Å². The molecule has 3 atom stereocenters. The van der Waals surface area contributed by atoms with Crippen molar-refractivity contribution in [1.82, 2.24) is 5.32 Å². The number of amides is 1. The van der Waals surface area contributed by atoms with Crippen molar-refractivity contribution >= 4 is 23.2 Å². The lowest BCUT2D eigenvalue weighted by atomic mass is 10.0. The summed E-state index contributed by atoms with van der Waals surface area (Å²) < 4.78 is 0. The molecule has 0 radical (unpaired) electrons. The molecule has 1 unspecified atom stereocenters. The number of thiophene rings is 1. The highest BCUT2D eigenvalue weighted by molar-refractivity contribution is 7.07. The van der Waals surface area contributed by atoms with Crippen molar-refractivity contribution in [2.24, 2.45) is 11.8 Å². The smallest absolute Gasteiger partial charge is 0.306 e. The lowest BCUT2D eigenvalue weighted by Gasteiger charge is -2.14. The highest BCUT2D eigenvalue weighted by Gasteiger charge is 2.33. The first kappa shape index (κ1) is 14.0. The third-order valence-corrected chi connectivity index (χ3v) is 4.25. The molecule has 1 aliphatic rings. The minimum absolute atomic E-state index is 0.155. The predicted molar refractivity (Wildman–Crippen MR) is 70.8 cm³/mol. The summed E-state index contributed by atoms with van der Waals surface area (Å²) in [6.45, 7) is 0.170. The fraction of sp³-hybridized carbons (Fsp3) is 0.538. The zero-order chi connectivity index (χ0) is 13.8. The molecule has 1 saturated carbocycles. The number of aliphatic hydroxyl groups is 1. The molecule has 0 aromatic carbocycles. The van der Waals surface area contributed by atoms with Gasteiger partial charge in [-0.05, 0) is 41.7 Å². The average Bonchev–Trinajstić information content (AvgIpc) is 3.05. The van der Waals surface area contributed by atoms with Gasteiger partial charge in [-0.3, -0.25) is 9.59 Å². The van der Waals surface area contributed by atoms with E-state index in [9.17, 15) is 14.7 Å². The predicted octanol–water partition coefficient (Wildman–Crippen LogP) is 1.40. The lowest BCUT2D eigenvalue weighted by molar-refractivity contribution is -0.141. The summed E-state index contributed by atoms with van der Waals surface area (Å²) in [5.74, 6) is -1.63. The molecule has 1 aromatic rings. The van der Waals surface area contributed by atoms with E-state index in [0.717, 1.165) is 5.56 Å². The molecule has 104 valence electrons. The molecule has 3 N–H and O–H groups in total. The van der Waals surface area contributed by atoms with Crippen molar-refractivity contribution in [1.29, 1.82) is 0 Å². The largest absolute Gasteiger partial charge is 0.481 e. The maximum atomic E-state index is 11.9. The summed E-state index contributed by atoms with van der Waals surface area (Å²) in [5.41, 5.74) is 0.792. The molecule has 1 fully saturated rings. The fourth-order valence-electron chi connectivity index (χ4n) is 2.37. The van der Waals surface area contributed by atoms with E-state index in [1.54, 1.807) is 0 Å². The number of carbonyl (C=O) groups excluding carboxylic acids is 1. The van der Waals surface area contributed by atoms with Crippen LogP contribution in [0.25, 0.3) is 0 Å². The Hall–Kier alpha value is -1.40. The van der Waals surface area contributed by atoms with Crippen LogP contribution in [0.3, 0.4) is 0 Å².